The van der Waals surface area contributed by atoms with Crippen molar-refractivity contribution < 1.29 is 9.90 Å². The van der Waals surface area contributed by atoms with Gasteiger partial charge in [-0.15, -0.1) is 0 Å². The molecule has 3 nitrogen and oxygen atoms in total. The Labute approximate surface area is 102 Å². The first-order valence-electron chi connectivity index (χ1n) is 6.27. The third kappa shape index (κ3) is 2.99. The lowest BCUT2D eigenvalue weighted by atomic mass is 9.95. The highest BCUT2D eigenvalue weighted by atomic mass is 16.4. The van der Waals surface area contributed by atoms with Gasteiger partial charge in [-0.1, -0.05) is 25.3 Å². The molecule has 3 heteroatoms. The summed E-state index contributed by atoms with van der Waals surface area (Å²) in [6.07, 6.45) is 6.25. The van der Waals surface area contributed by atoms with Crippen LogP contribution in [-0.4, -0.2) is 17.1 Å². The van der Waals surface area contributed by atoms with E-state index in [0.717, 1.165) is 11.3 Å². The van der Waals surface area contributed by atoms with Crippen LogP contribution < -0.4 is 5.32 Å². The number of aryl methyl sites for hydroxylation is 1. The fourth-order valence-electron chi connectivity index (χ4n) is 2.38. The van der Waals surface area contributed by atoms with Crippen LogP contribution in [0.1, 0.15) is 48.0 Å². The van der Waals surface area contributed by atoms with Crippen LogP contribution in [0.25, 0.3) is 0 Å². The van der Waals surface area contributed by atoms with E-state index in [2.05, 4.69) is 5.32 Å². The molecule has 0 saturated heterocycles. The molecule has 1 saturated carbocycles. The first-order chi connectivity index (χ1) is 8.16. The van der Waals surface area contributed by atoms with Crippen molar-refractivity contribution in [1.82, 2.24) is 0 Å². The quantitative estimate of drug-likeness (QED) is 0.840. The number of rotatable bonds is 3. The Morgan fingerprint density at radius 2 is 2.00 bits per heavy atom. The molecule has 2 N–H and O–H groups in total. The molecule has 0 spiro atoms. The molecule has 0 radical (unpaired) electrons. The van der Waals surface area contributed by atoms with Crippen molar-refractivity contribution in [3.8, 4) is 0 Å². The lowest BCUT2D eigenvalue weighted by molar-refractivity contribution is 0.0697. The number of anilines is 1. The van der Waals surface area contributed by atoms with Crippen molar-refractivity contribution in [2.45, 2.75) is 45.1 Å². The van der Waals surface area contributed by atoms with Gasteiger partial charge in [0, 0.05) is 11.7 Å². The fraction of sp³-hybridized carbons (Fsp3) is 0.500. The number of carboxylic acid groups (broad SMARTS) is 1. The summed E-state index contributed by atoms with van der Waals surface area (Å²) in [6, 6.07) is 5.77. The molecule has 0 atom stereocenters. The van der Waals surface area contributed by atoms with Gasteiger partial charge in [-0.25, -0.2) is 4.79 Å². The maximum Gasteiger partial charge on any atom is 0.335 e. The average Bonchev–Trinajstić information content (AvgIpc) is 2.33. The van der Waals surface area contributed by atoms with E-state index in [1.54, 1.807) is 12.1 Å². The molecule has 1 fully saturated rings. The molecular formula is C14H19NO2. The third-order valence-corrected chi connectivity index (χ3v) is 3.45. The highest BCUT2D eigenvalue weighted by molar-refractivity contribution is 5.89. The SMILES string of the molecule is Cc1ccc(C(=O)O)cc1NC1CCCCC1. The van der Waals surface area contributed by atoms with E-state index in [-0.39, 0.29) is 0 Å². The standard InChI is InChI=1S/C14H19NO2/c1-10-7-8-11(14(16)17)9-13(10)15-12-5-3-2-4-6-12/h7-9,12,15H,2-6H2,1H3,(H,16,17). The molecule has 0 amide bonds. The molecule has 0 aliphatic heterocycles. The number of benzene rings is 1. The average molecular weight is 233 g/mol. The van der Waals surface area contributed by atoms with Gasteiger partial charge in [-0.2, -0.15) is 0 Å². The summed E-state index contributed by atoms with van der Waals surface area (Å²) in [6.45, 7) is 2.01. The van der Waals surface area contributed by atoms with Crippen molar-refractivity contribution in [2.24, 2.45) is 0 Å². The van der Waals surface area contributed by atoms with E-state index in [4.69, 9.17) is 5.11 Å². The molecular weight excluding hydrogens is 214 g/mol. The van der Waals surface area contributed by atoms with Gasteiger partial charge in [0.15, 0.2) is 0 Å². The third-order valence-electron chi connectivity index (χ3n) is 3.45. The van der Waals surface area contributed by atoms with Crippen LogP contribution in [0, 0.1) is 6.92 Å². The summed E-state index contributed by atoms with van der Waals surface area (Å²) in [5.41, 5.74) is 2.44. The molecule has 0 heterocycles. The van der Waals surface area contributed by atoms with Gasteiger partial charge in [-0.05, 0) is 37.5 Å². The smallest absolute Gasteiger partial charge is 0.335 e. The summed E-state index contributed by atoms with van der Waals surface area (Å²) < 4.78 is 0. The number of hydrogen-bond donors (Lipinski definition) is 2. The number of nitrogens with one attached hydrogen (secondary N) is 1. The van der Waals surface area contributed by atoms with Crippen LogP contribution in [0.3, 0.4) is 0 Å². The molecule has 17 heavy (non-hydrogen) atoms. The summed E-state index contributed by atoms with van der Waals surface area (Å²) >= 11 is 0. The van der Waals surface area contributed by atoms with E-state index in [0.29, 0.717) is 11.6 Å². The molecule has 1 aromatic carbocycles. The van der Waals surface area contributed by atoms with Crippen LogP contribution >= 0.6 is 0 Å². The Morgan fingerprint density at radius 3 is 2.65 bits per heavy atom. The monoisotopic (exact) mass is 233 g/mol. The molecule has 92 valence electrons. The molecule has 0 bridgehead atoms. The van der Waals surface area contributed by atoms with E-state index < -0.39 is 5.97 Å². The van der Waals surface area contributed by atoms with Gasteiger partial charge in [0.2, 0.25) is 0 Å². The Morgan fingerprint density at radius 1 is 1.29 bits per heavy atom. The van der Waals surface area contributed by atoms with Crippen molar-refractivity contribution in [1.29, 1.82) is 0 Å². The Hall–Kier alpha value is -1.51. The Bertz CT molecular complexity index is 409. The highest BCUT2D eigenvalue weighted by Gasteiger charge is 2.14. The largest absolute Gasteiger partial charge is 0.478 e. The van der Waals surface area contributed by atoms with Crippen LogP contribution in [0.5, 0.6) is 0 Å². The first kappa shape index (κ1) is 12.0. The lowest BCUT2D eigenvalue weighted by Crippen LogP contribution is -2.22. The zero-order valence-electron chi connectivity index (χ0n) is 10.2. The second-order valence-corrected chi connectivity index (χ2v) is 4.81. The number of aromatic carboxylic acids is 1. The molecule has 2 rings (SSSR count). The Kier molecular flexibility index (Phi) is 3.67. The van der Waals surface area contributed by atoms with Gasteiger partial charge >= 0.3 is 5.97 Å². The van der Waals surface area contributed by atoms with Gasteiger partial charge < -0.3 is 10.4 Å². The zero-order chi connectivity index (χ0) is 12.3. The normalized spacial score (nSPS) is 16.8. The highest BCUT2D eigenvalue weighted by Crippen LogP contribution is 2.24. The van der Waals surface area contributed by atoms with E-state index >= 15 is 0 Å². The summed E-state index contributed by atoms with van der Waals surface area (Å²) in [5, 5.41) is 12.5. The molecule has 0 aromatic heterocycles. The summed E-state index contributed by atoms with van der Waals surface area (Å²) in [4.78, 5) is 10.9. The van der Waals surface area contributed by atoms with Gasteiger partial charge in [0.1, 0.15) is 0 Å². The minimum absolute atomic E-state index is 0.355. The second kappa shape index (κ2) is 5.21. The van der Waals surface area contributed by atoms with Crippen LogP contribution in [0.4, 0.5) is 5.69 Å². The van der Waals surface area contributed by atoms with Crippen molar-refractivity contribution in [3.63, 3.8) is 0 Å². The molecule has 0 unspecified atom stereocenters. The van der Waals surface area contributed by atoms with Crippen LogP contribution in [0.2, 0.25) is 0 Å². The van der Waals surface area contributed by atoms with E-state index in [1.807, 2.05) is 13.0 Å². The first-order valence-corrected chi connectivity index (χ1v) is 6.27. The van der Waals surface area contributed by atoms with E-state index in [1.165, 1.54) is 32.1 Å². The topological polar surface area (TPSA) is 49.3 Å². The zero-order valence-corrected chi connectivity index (χ0v) is 10.2. The predicted octanol–water partition coefficient (Wildman–Crippen LogP) is 3.44. The summed E-state index contributed by atoms with van der Waals surface area (Å²) in [5.74, 6) is -0.864. The van der Waals surface area contributed by atoms with Crippen molar-refractivity contribution in [2.75, 3.05) is 5.32 Å². The number of hydrogen-bond acceptors (Lipinski definition) is 2. The van der Waals surface area contributed by atoms with Gasteiger partial charge in [0.05, 0.1) is 5.56 Å². The van der Waals surface area contributed by atoms with E-state index in [9.17, 15) is 4.79 Å². The molecule has 1 aliphatic rings. The van der Waals surface area contributed by atoms with Crippen molar-refractivity contribution in [3.05, 3.63) is 29.3 Å². The number of carbonyl (C=O) groups is 1. The predicted molar refractivity (Wildman–Crippen MR) is 68.6 cm³/mol. The Balaban J connectivity index is 2.13. The number of carboxylic acids is 1. The van der Waals surface area contributed by atoms with Crippen LogP contribution in [0.15, 0.2) is 18.2 Å². The molecule has 1 aliphatic carbocycles. The van der Waals surface area contributed by atoms with Crippen LogP contribution in [-0.2, 0) is 0 Å². The maximum atomic E-state index is 10.9. The minimum atomic E-state index is -0.864. The second-order valence-electron chi connectivity index (χ2n) is 4.81. The lowest BCUT2D eigenvalue weighted by Gasteiger charge is -2.24. The minimum Gasteiger partial charge on any atom is -0.478 e. The fourth-order valence-corrected chi connectivity index (χ4v) is 2.38. The van der Waals surface area contributed by atoms with Gasteiger partial charge in [0.25, 0.3) is 0 Å². The maximum absolute atomic E-state index is 10.9. The molecule has 1 aromatic rings. The van der Waals surface area contributed by atoms with Gasteiger partial charge in [-0.3, -0.25) is 0 Å². The van der Waals surface area contributed by atoms with Crippen molar-refractivity contribution >= 4 is 11.7 Å². The summed E-state index contributed by atoms with van der Waals surface area (Å²) in [7, 11) is 0.